The van der Waals surface area contributed by atoms with E-state index in [4.69, 9.17) is 4.74 Å². The minimum absolute atomic E-state index is 0.0688. The molecule has 0 saturated heterocycles. The van der Waals surface area contributed by atoms with Crippen LogP contribution < -0.4 is 15.1 Å². The van der Waals surface area contributed by atoms with Crippen molar-refractivity contribution in [3.8, 4) is 16.9 Å². The Bertz CT molecular complexity index is 849. The highest BCUT2D eigenvalue weighted by molar-refractivity contribution is 5.90. The summed E-state index contributed by atoms with van der Waals surface area (Å²) in [7, 11) is 1.50. The number of fused-ring (bicyclic) bond motifs is 1. The molecule has 0 aromatic carbocycles. The fourth-order valence-electron chi connectivity index (χ4n) is 3.02. The SMILES string of the molecule is CCCCOc1c2cc(=O)c(C)cc-2cn(CC(C)(C)C)c1N(C)C(=O)O. The van der Waals surface area contributed by atoms with Gasteiger partial charge in [-0.3, -0.25) is 9.69 Å². The van der Waals surface area contributed by atoms with E-state index in [0.29, 0.717) is 35.8 Å². The molecule has 6 nitrogen and oxygen atoms in total. The van der Waals surface area contributed by atoms with Gasteiger partial charge in [0.15, 0.2) is 17.0 Å². The molecular formula is C21H30N2O4. The summed E-state index contributed by atoms with van der Waals surface area (Å²) < 4.78 is 7.97. The smallest absolute Gasteiger partial charge is 0.412 e. The van der Waals surface area contributed by atoms with Crippen molar-refractivity contribution in [2.24, 2.45) is 5.41 Å². The van der Waals surface area contributed by atoms with Crippen LogP contribution in [0.25, 0.3) is 11.1 Å². The van der Waals surface area contributed by atoms with Gasteiger partial charge < -0.3 is 14.4 Å². The number of nitrogens with zero attached hydrogens (tertiary/aromatic N) is 2. The Morgan fingerprint density at radius 1 is 1.30 bits per heavy atom. The first-order chi connectivity index (χ1) is 12.5. The monoisotopic (exact) mass is 374 g/mol. The normalized spacial score (nSPS) is 11.6. The zero-order valence-corrected chi connectivity index (χ0v) is 17.1. The number of aryl methyl sites for hydroxylation is 1. The Hall–Kier alpha value is -2.50. The third kappa shape index (κ3) is 4.81. The number of carbonyl (C=O) groups is 1. The van der Waals surface area contributed by atoms with Crippen LogP contribution in [0.5, 0.6) is 5.75 Å². The molecular weight excluding hydrogens is 344 g/mol. The molecule has 0 spiro atoms. The predicted molar refractivity (Wildman–Crippen MR) is 108 cm³/mol. The van der Waals surface area contributed by atoms with Gasteiger partial charge in [0.2, 0.25) is 0 Å². The van der Waals surface area contributed by atoms with E-state index in [2.05, 4.69) is 27.7 Å². The lowest BCUT2D eigenvalue weighted by Gasteiger charge is -2.30. The lowest BCUT2D eigenvalue weighted by Crippen LogP contribution is -2.30. The van der Waals surface area contributed by atoms with Crippen LogP contribution in [-0.4, -0.2) is 29.4 Å². The van der Waals surface area contributed by atoms with Crippen LogP contribution in [0.3, 0.4) is 0 Å². The summed E-state index contributed by atoms with van der Waals surface area (Å²) in [5, 5.41) is 9.62. The Balaban J connectivity index is 2.82. The third-order valence-corrected chi connectivity index (χ3v) is 4.36. The van der Waals surface area contributed by atoms with Crippen LogP contribution in [0, 0.1) is 12.3 Å². The number of rotatable bonds is 6. The molecule has 0 fully saturated rings. The van der Waals surface area contributed by atoms with Gasteiger partial charge in [0.1, 0.15) is 0 Å². The molecule has 1 heterocycles. The zero-order valence-electron chi connectivity index (χ0n) is 17.1. The minimum atomic E-state index is -1.08. The molecule has 0 saturated carbocycles. The van der Waals surface area contributed by atoms with Gasteiger partial charge >= 0.3 is 6.09 Å². The van der Waals surface area contributed by atoms with Crippen molar-refractivity contribution in [3.05, 3.63) is 34.1 Å². The van der Waals surface area contributed by atoms with Crippen molar-refractivity contribution < 1.29 is 14.6 Å². The van der Waals surface area contributed by atoms with Crippen molar-refractivity contribution in [1.29, 1.82) is 0 Å². The van der Waals surface area contributed by atoms with Crippen molar-refractivity contribution in [2.45, 2.75) is 54.0 Å². The topological polar surface area (TPSA) is 71.8 Å². The highest BCUT2D eigenvalue weighted by Crippen LogP contribution is 2.41. The summed E-state index contributed by atoms with van der Waals surface area (Å²) in [4.78, 5) is 25.2. The van der Waals surface area contributed by atoms with E-state index in [1.54, 1.807) is 13.0 Å². The van der Waals surface area contributed by atoms with E-state index in [0.717, 1.165) is 23.3 Å². The fourth-order valence-corrected chi connectivity index (χ4v) is 3.02. The number of benzene rings is 1. The second-order valence-corrected chi connectivity index (χ2v) is 8.22. The maximum Gasteiger partial charge on any atom is 0.412 e. The lowest BCUT2D eigenvalue weighted by molar-refractivity contribution is 0.202. The standard InChI is InChI=1S/C21H30N2O4/c1-7-8-9-27-18-16-11-17(24)14(2)10-15(16)12-23(13-21(3,4)5)19(18)22(6)20(25)26/h10-12H,7-9,13H2,1-6H3,(H,25,26). The first kappa shape index (κ1) is 20.8. The van der Waals surface area contributed by atoms with E-state index < -0.39 is 6.09 Å². The molecule has 0 unspecified atom stereocenters. The lowest BCUT2D eigenvalue weighted by atomic mass is 9.95. The molecule has 2 aliphatic rings. The maximum atomic E-state index is 12.3. The number of hydrogen-bond acceptors (Lipinski definition) is 3. The Morgan fingerprint density at radius 3 is 2.52 bits per heavy atom. The fraction of sp³-hybridized carbons (Fsp3) is 0.524. The van der Waals surface area contributed by atoms with Crippen molar-refractivity contribution in [1.82, 2.24) is 4.57 Å². The first-order valence-electron chi connectivity index (χ1n) is 9.32. The minimum Gasteiger partial charge on any atom is -0.489 e. The second-order valence-electron chi connectivity index (χ2n) is 8.22. The van der Waals surface area contributed by atoms with Crippen LogP contribution in [0.15, 0.2) is 23.1 Å². The Kier molecular flexibility index (Phi) is 6.19. The second kappa shape index (κ2) is 8.03. The molecule has 0 bridgehead atoms. The molecule has 0 aromatic heterocycles. The molecule has 0 atom stereocenters. The largest absolute Gasteiger partial charge is 0.489 e. The highest BCUT2D eigenvalue weighted by Gasteiger charge is 2.26. The molecule has 27 heavy (non-hydrogen) atoms. The van der Waals surface area contributed by atoms with Crippen molar-refractivity contribution in [2.75, 3.05) is 18.6 Å². The summed E-state index contributed by atoms with van der Waals surface area (Å²) in [6.07, 6.45) is 2.64. The van der Waals surface area contributed by atoms with E-state index in [1.807, 2.05) is 16.8 Å². The molecule has 1 N–H and O–H groups in total. The number of hydrogen-bond donors (Lipinski definition) is 1. The van der Waals surface area contributed by atoms with Gasteiger partial charge in [0, 0.05) is 30.9 Å². The van der Waals surface area contributed by atoms with E-state index in [1.165, 1.54) is 7.05 Å². The van der Waals surface area contributed by atoms with Crippen LogP contribution >= 0.6 is 0 Å². The van der Waals surface area contributed by atoms with Gasteiger partial charge in [0.25, 0.3) is 0 Å². The Morgan fingerprint density at radius 2 is 1.96 bits per heavy atom. The van der Waals surface area contributed by atoms with E-state index in [-0.39, 0.29) is 10.8 Å². The van der Waals surface area contributed by atoms with Crippen molar-refractivity contribution in [3.63, 3.8) is 0 Å². The van der Waals surface area contributed by atoms with Gasteiger partial charge in [-0.05, 0) is 36.5 Å². The van der Waals surface area contributed by atoms with Crippen LogP contribution in [0.1, 0.15) is 46.1 Å². The number of pyridine rings is 1. The Labute approximate surface area is 160 Å². The summed E-state index contributed by atoms with van der Waals surface area (Å²) >= 11 is 0. The molecule has 0 aromatic rings. The van der Waals surface area contributed by atoms with Gasteiger partial charge in [0.05, 0.1) is 6.61 Å². The number of carboxylic acid groups (broad SMARTS) is 1. The number of anilines is 1. The van der Waals surface area contributed by atoms with Crippen LogP contribution in [0.4, 0.5) is 10.6 Å². The summed E-state index contributed by atoms with van der Waals surface area (Å²) in [5.74, 6) is 0.900. The molecule has 1 aliphatic carbocycles. The van der Waals surface area contributed by atoms with E-state index >= 15 is 0 Å². The molecule has 0 radical (unpaired) electrons. The van der Waals surface area contributed by atoms with Crippen molar-refractivity contribution >= 4 is 11.9 Å². The van der Waals surface area contributed by atoms with Gasteiger partial charge in [-0.15, -0.1) is 0 Å². The van der Waals surface area contributed by atoms with Gasteiger partial charge in [-0.25, -0.2) is 4.79 Å². The van der Waals surface area contributed by atoms with E-state index in [9.17, 15) is 14.7 Å². The van der Waals surface area contributed by atoms with Gasteiger partial charge in [-0.1, -0.05) is 34.1 Å². The first-order valence-corrected chi connectivity index (χ1v) is 9.32. The molecule has 1 aliphatic heterocycles. The third-order valence-electron chi connectivity index (χ3n) is 4.36. The molecule has 6 heteroatoms. The zero-order chi connectivity index (χ0) is 20.4. The summed E-state index contributed by atoms with van der Waals surface area (Å²) in [6.45, 7) is 11.2. The molecule has 1 amide bonds. The quantitative estimate of drug-likeness (QED) is 0.750. The summed E-state index contributed by atoms with van der Waals surface area (Å²) in [6, 6.07) is 3.39. The summed E-state index contributed by atoms with van der Waals surface area (Å²) in [5.41, 5.74) is 2.02. The van der Waals surface area contributed by atoms with Gasteiger partial charge in [-0.2, -0.15) is 0 Å². The average Bonchev–Trinajstić information content (AvgIpc) is 2.54. The number of ether oxygens (including phenoxy) is 1. The number of unbranched alkanes of at least 4 members (excludes halogenated alkanes) is 1. The highest BCUT2D eigenvalue weighted by atomic mass is 16.5. The van der Waals surface area contributed by atoms with Crippen LogP contribution in [0.2, 0.25) is 0 Å². The van der Waals surface area contributed by atoms with Crippen LogP contribution in [-0.2, 0) is 6.54 Å². The number of amides is 1. The maximum absolute atomic E-state index is 12.3. The molecule has 2 rings (SSSR count). The molecule has 148 valence electrons. The predicted octanol–water partition coefficient (Wildman–Crippen LogP) is 4.60. The average molecular weight is 374 g/mol. The number of aromatic nitrogens is 1.